The third kappa shape index (κ3) is 5.22. The molecule has 0 atom stereocenters. The lowest BCUT2D eigenvalue weighted by Crippen LogP contribution is -1.87. The first-order chi connectivity index (χ1) is 5.72. The highest BCUT2D eigenvalue weighted by Gasteiger charge is 1.98. The Morgan fingerprint density at radius 3 is 2.17 bits per heavy atom. The molecule has 12 heavy (non-hydrogen) atoms. The molecule has 1 N–H and O–H groups in total. The molecule has 0 aromatic rings. The zero-order chi connectivity index (χ0) is 9.40. The SMILES string of the molecule is CCCCCCC(CC)=C(C)O. The molecule has 0 rings (SSSR count). The second kappa shape index (κ2) is 7.20. The maximum Gasteiger partial charge on any atom is 0.0883 e. The predicted octanol–water partition coefficient (Wildman–Crippen LogP) is 4.20. The normalized spacial score (nSPS) is 12.9. The number of hydrogen-bond donors (Lipinski definition) is 1. The molecule has 0 spiro atoms. The Hall–Kier alpha value is -0.460. The lowest BCUT2D eigenvalue weighted by Gasteiger charge is -2.05. The fourth-order valence-electron chi connectivity index (χ4n) is 1.38. The van der Waals surface area contributed by atoms with Gasteiger partial charge in [-0.25, -0.2) is 0 Å². The summed E-state index contributed by atoms with van der Waals surface area (Å²) in [5.41, 5.74) is 1.23. The van der Waals surface area contributed by atoms with E-state index < -0.39 is 0 Å². The minimum absolute atomic E-state index is 0.536. The van der Waals surface area contributed by atoms with Crippen LogP contribution in [0.15, 0.2) is 11.3 Å². The van der Waals surface area contributed by atoms with Gasteiger partial charge in [0, 0.05) is 0 Å². The van der Waals surface area contributed by atoms with Crippen LogP contribution in [0.4, 0.5) is 0 Å². The van der Waals surface area contributed by atoms with Gasteiger partial charge in [-0.1, -0.05) is 33.1 Å². The lowest BCUT2D eigenvalue weighted by atomic mass is 10.0. The van der Waals surface area contributed by atoms with Crippen molar-refractivity contribution in [3.63, 3.8) is 0 Å². The van der Waals surface area contributed by atoms with E-state index in [-0.39, 0.29) is 0 Å². The molecule has 0 fully saturated rings. The molecule has 0 saturated heterocycles. The molecular formula is C11H22O. The summed E-state index contributed by atoms with van der Waals surface area (Å²) in [5, 5.41) is 9.25. The topological polar surface area (TPSA) is 20.2 Å². The third-order valence-electron chi connectivity index (χ3n) is 2.27. The van der Waals surface area contributed by atoms with Crippen LogP contribution in [0, 0.1) is 0 Å². The van der Waals surface area contributed by atoms with Gasteiger partial charge >= 0.3 is 0 Å². The van der Waals surface area contributed by atoms with Crippen LogP contribution in [-0.2, 0) is 0 Å². The van der Waals surface area contributed by atoms with E-state index in [4.69, 9.17) is 0 Å². The average molecular weight is 170 g/mol. The van der Waals surface area contributed by atoms with E-state index >= 15 is 0 Å². The van der Waals surface area contributed by atoms with Gasteiger partial charge in [-0.2, -0.15) is 0 Å². The minimum atomic E-state index is 0.536. The number of allylic oxidation sites excluding steroid dienone is 2. The number of hydrogen-bond acceptors (Lipinski definition) is 1. The standard InChI is InChI=1S/C11H22O/c1-4-6-7-8-9-11(5-2)10(3)12/h12H,4-9H2,1-3H3. The van der Waals surface area contributed by atoms with Crippen molar-refractivity contribution in [2.45, 2.75) is 59.3 Å². The van der Waals surface area contributed by atoms with Crippen LogP contribution in [0.5, 0.6) is 0 Å². The van der Waals surface area contributed by atoms with Gasteiger partial charge in [0.25, 0.3) is 0 Å². The number of unbranched alkanes of at least 4 members (excludes halogenated alkanes) is 3. The summed E-state index contributed by atoms with van der Waals surface area (Å²) in [6.45, 7) is 6.11. The predicted molar refractivity (Wildman–Crippen MR) is 54.4 cm³/mol. The van der Waals surface area contributed by atoms with E-state index in [0.717, 1.165) is 12.8 Å². The molecule has 0 aliphatic heterocycles. The Morgan fingerprint density at radius 1 is 1.08 bits per heavy atom. The van der Waals surface area contributed by atoms with Crippen molar-refractivity contribution in [2.75, 3.05) is 0 Å². The molecule has 0 heterocycles. The van der Waals surface area contributed by atoms with Crippen molar-refractivity contribution in [3.05, 3.63) is 11.3 Å². The zero-order valence-corrected chi connectivity index (χ0v) is 8.69. The van der Waals surface area contributed by atoms with Gasteiger partial charge in [0.2, 0.25) is 0 Å². The summed E-state index contributed by atoms with van der Waals surface area (Å²) in [5.74, 6) is 0.536. The van der Waals surface area contributed by atoms with E-state index in [1.807, 2.05) is 0 Å². The molecule has 0 aromatic heterocycles. The van der Waals surface area contributed by atoms with Crippen molar-refractivity contribution < 1.29 is 5.11 Å². The first-order valence-electron chi connectivity index (χ1n) is 5.09. The van der Waals surface area contributed by atoms with E-state index in [2.05, 4.69) is 13.8 Å². The average Bonchev–Trinajstić information content (AvgIpc) is 2.04. The molecule has 72 valence electrons. The van der Waals surface area contributed by atoms with Crippen molar-refractivity contribution in [3.8, 4) is 0 Å². The van der Waals surface area contributed by atoms with Crippen LogP contribution in [0.2, 0.25) is 0 Å². The van der Waals surface area contributed by atoms with Gasteiger partial charge in [0.15, 0.2) is 0 Å². The van der Waals surface area contributed by atoms with Crippen LogP contribution in [0.3, 0.4) is 0 Å². The molecule has 0 bridgehead atoms. The smallest absolute Gasteiger partial charge is 0.0883 e. The Labute approximate surface area is 76.5 Å². The van der Waals surface area contributed by atoms with Crippen molar-refractivity contribution in [1.29, 1.82) is 0 Å². The van der Waals surface area contributed by atoms with Crippen LogP contribution in [-0.4, -0.2) is 5.11 Å². The summed E-state index contributed by atoms with van der Waals surface area (Å²) in [6, 6.07) is 0. The van der Waals surface area contributed by atoms with Crippen molar-refractivity contribution >= 4 is 0 Å². The number of aliphatic hydroxyl groups is 1. The van der Waals surface area contributed by atoms with Gasteiger partial charge < -0.3 is 5.11 Å². The van der Waals surface area contributed by atoms with Crippen molar-refractivity contribution in [1.82, 2.24) is 0 Å². The molecule has 0 aliphatic carbocycles. The summed E-state index contributed by atoms with van der Waals surface area (Å²) >= 11 is 0. The number of aliphatic hydroxyl groups excluding tert-OH is 1. The first kappa shape index (κ1) is 11.5. The minimum Gasteiger partial charge on any atom is -0.513 e. The third-order valence-corrected chi connectivity index (χ3v) is 2.27. The molecule has 0 unspecified atom stereocenters. The summed E-state index contributed by atoms with van der Waals surface area (Å²) < 4.78 is 0. The zero-order valence-electron chi connectivity index (χ0n) is 8.69. The van der Waals surface area contributed by atoms with E-state index in [0.29, 0.717) is 5.76 Å². The summed E-state index contributed by atoms with van der Waals surface area (Å²) in [4.78, 5) is 0. The summed E-state index contributed by atoms with van der Waals surface area (Å²) in [7, 11) is 0. The fourth-order valence-corrected chi connectivity index (χ4v) is 1.38. The maximum atomic E-state index is 9.25. The Balaban J connectivity index is 3.53. The monoisotopic (exact) mass is 170 g/mol. The number of rotatable bonds is 6. The highest BCUT2D eigenvalue weighted by atomic mass is 16.3. The fraction of sp³-hybridized carbons (Fsp3) is 0.818. The Morgan fingerprint density at radius 2 is 1.75 bits per heavy atom. The van der Waals surface area contributed by atoms with Gasteiger partial charge in [0.05, 0.1) is 5.76 Å². The summed E-state index contributed by atoms with van der Waals surface area (Å²) in [6.07, 6.45) is 7.21. The molecule has 0 amide bonds. The highest BCUT2D eigenvalue weighted by molar-refractivity contribution is 5.04. The van der Waals surface area contributed by atoms with E-state index in [1.165, 1.54) is 31.3 Å². The van der Waals surface area contributed by atoms with E-state index in [9.17, 15) is 5.11 Å². The molecule has 0 saturated carbocycles. The van der Waals surface area contributed by atoms with Gasteiger partial charge in [-0.15, -0.1) is 0 Å². The van der Waals surface area contributed by atoms with Crippen LogP contribution < -0.4 is 0 Å². The van der Waals surface area contributed by atoms with Gasteiger partial charge in [0.1, 0.15) is 0 Å². The van der Waals surface area contributed by atoms with Crippen LogP contribution in [0.25, 0.3) is 0 Å². The van der Waals surface area contributed by atoms with E-state index in [1.54, 1.807) is 6.92 Å². The highest BCUT2D eigenvalue weighted by Crippen LogP contribution is 2.15. The molecule has 0 radical (unpaired) electrons. The Kier molecular flexibility index (Phi) is 6.93. The lowest BCUT2D eigenvalue weighted by molar-refractivity contribution is 0.400. The first-order valence-corrected chi connectivity index (χ1v) is 5.09. The van der Waals surface area contributed by atoms with Gasteiger partial charge in [-0.3, -0.25) is 0 Å². The molecule has 0 aromatic carbocycles. The molecule has 1 nitrogen and oxygen atoms in total. The molecule has 0 aliphatic rings. The molecular weight excluding hydrogens is 148 g/mol. The quantitative estimate of drug-likeness (QED) is 0.468. The molecule has 1 heteroatoms. The largest absolute Gasteiger partial charge is 0.513 e. The maximum absolute atomic E-state index is 9.25. The second-order valence-corrected chi connectivity index (χ2v) is 3.35. The van der Waals surface area contributed by atoms with Crippen LogP contribution >= 0.6 is 0 Å². The second-order valence-electron chi connectivity index (χ2n) is 3.35. The Bertz CT molecular complexity index is 132. The van der Waals surface area contributed by atoms with Crippen LogP contribution in [0.1, 0.15) is 59.3 Å². The van der Waals surface area contributed by atoms with Crippen molar-refractivity contribution in [2.24, 2.45) is 0 Å². The van der Waals surface area contributed by atoms with Gasteiger partial charge in [-0.05, 0) is 31.8 Å².